The number of likely N-dealkylation sites (tertiary alicyclic amines) is 1. The van der Waals surface area contributed by atoms with Crippen molar-refractivity contribution in [2.24, 2.45) is 11.1 Å². The quantitative estimate of drug-likeness (QED) is 0.877. The summed E-state index contributed by atoms with van der Waals surface area (Å²) in [5.41, 5.74) is 6.71. The summed E-state index contributed by atoms with van der Waals surface area (Å²) in [5, 5.41) is 1.08. The molecule has 134 valence electrons. The lowest BCUT2D eigenvalue weighted by atomic mass is 9.67. The van der Waals surface area contributed by atoms with Gasteiger partial charge >= 0.3 is 6.03 Å². The third kappa shape index (κ3) is 2.92. The number of carbonyl (C=O) groups is 1. The molecule has 0 aromatic carbocycles. The van der Waals surface area contributed by atoms with Crippen LogP contribution in [0.1, 0.15) is 38.5 Å². The number of fused-ring (bicyclic) bond motifs is 1. The van der Waals surface area contributed by atoms with E-state index in [1.807, 2.05) is 12.3 Å². The van der Waals surface area contributed by atoms with Crippen molar-refractivity contribution >= 4 is 22.9 Å². The molecular formula is C18H26N6O. The van der Waals surface area contributed by atoms with Crippen LogP contribution in [0.5, 0.6) is 0 Å². The summed E-state index contributed by atoms with van der Waals surface area (Å²) < 4.78 is 0. The predicted molar refractivity (Wildman–Crippen MR) is 97.4 cm³/mol. The van der Waals surface area contributed by atoms with Crippen molar-refractivity contribution in [3.05, 3.63) is 18.6 Å². The number of amides is 2. The molecule has 1 saturated heterocycles. The highest BCUT2D eigenvalue weighted by molar-refractivity contribution is 5.87. The topological polar surface area (TPSA) is 91.1 Å². The van der Waals surface area contributed by atoms with E-state index in [1.54, 1.807) is 11.2 Å². The van der Waals surface area contributed by atoms with Gasteiger partial charge in [-0.15, -0.1) is 0 Å². The number of aromatic nitrogens is 3. The van der Waals surface area contributed by atoms with Crippen LogP contribution in [-0.4, -0.2) is 52.1 Å². The number of primary amides is 1. The van der Waals surface area contributed by atoms with Gasteiger partial charge in [-0.1, -0.05) is 0 Å². The zero-order valence-electron chi connectivity index (χ0n) is 14.7. The zero-order chi connectivity index (χ0) is 17.4. The van der Waals surface area contributed by atoms with E-state index in [4.69, 9.17) is 5.73 Å². The number of hydrogen-bond acceptors (Lipinski definition) is 4. The highest BCUT2D eigenvalue weighted by Crippen LogP contribution is 2.46. The van der Waals surface area contributed by atoms with Crippen LogP contribution in [0.2, 0.25) is 0 Å². The third-order valence-electron chi connectivity index (χ3n) is 6.37. The first-order chi connectivity index (χ1) is 12.1. The Morgan fingerprint density at radius 1 is 1.28 bits per heavy atom. The van der Waals surface area contributed by atoms with Crippen molar-refractivity contribution in [2.75, 3.05) is 25.0 Å². The number of nitrogens with two attached hydrogens (primary N) is 1. The number of nitrogens with one attached hydrogen (secondary N) is 1. The average molecular weight is 342 g/mol. The molecule has 2 amide bonds. The monoisotopic (exact) mass is 342 g/mol. The minimum Gasteiger partial charge on any atom is -0.356 e. The maximum absolute atomic E-state index is 11.3. The Morgan fingerprint density at radius 3 is 2.68 bits per heavy atom. The molecule has 2 aromatic heterocycles. The Morgan fingerprint density at radius 2 is 2.00 bits per heavy atom. The van der Waals surface area contributed by atoms with E-state index in [0.717, 1.165) is 42.8 Å². The average Bonchev–Trinajstić information content (AvgIpc) is 3.11. The normalized spacial score (nSPS) is 20.9. The number of urea groups is 1. The van der Waals surface area contributed by atoms with Crippen molar-refractivity contribution < 1.29 is 4.79 Å². The number of piperidine rings is 1. The van der Waals surface area contributed by atoms with E-state index >= 15 is 0 Å². The number of rotatable bonds is 2. The van der Waals surface area contributed by atoms with E-state index in [-0.39, 0.29) is 6.03 Å². The number of hydrogen-bond donors (Lipinski definition) is 2. The number of nitrogens with zero attached hydrogens (tertiary/aromatic N) is 4. The van der Waals surface area contributed by atoms with Crippen molar-refractivity contribution in [2.45, 2.75) is 44.6 Å². The van der Waals surface area contributed by atoms with Gasteiger partial charge in [0.2, 0.25) is 0 Å². The fourth-order valence-corrected chi connectivity index (χ4v) is 4.62. The Labute approximate surface area is 147 Å². The molecule has 3 heterocycles. The van der Waals surface area contributed by atoms with E-state index in [2.05, 4.69) is 26.9 Å². The Bertz CT molecular complexity index is 754. The molecular weight excluding hydrogens is 316 g/mol. The van der Waals surface area contributed by atoms with Gasteiger partial charge in [0.1, 0.15) is 17.8 Å². The van der Waals surface area contributed by atoms with Crippen molar-refractivity contribution in [1.29, 1.82) is 0 Å². The molecule has 1 spiro atoms. The van der Waals surface area contributed by atoms with Gasteiger partial charge in [0.15, 0.2) is 0 Å². The number of carbonyl (C=O) groups excluding carboxylic acids is 1. The van der Waals surface area contributed by atoms with Crippen LogP contribution < -0.4 is 10.6 Å². The maximum Gasteiger partial charge on any atom is 0.314 e. The minimum absolute atomic E-state index is 0.275. The molecule has 0 atom stereocenters. The summed E-state index contributed by atoms with van der Waals surface area (Å²) in [5.74, 6) is 1.01. The van der Waals surface area contributed by atoms with Crippen molar-refractivity contribution in [1.82, 2.24) is 19.9 Å². The molecule has 0 bridgehead atoms. The number of aromatic amines is 1. The summed E-state index contributed by atoms with van der Waals surface area (Å²) in [6.07, 6.45) is 10.5. The van der Waals surface area contributed by atoms with E-state index in [1.165, 1.54) is 25.7 Å². The van der Waals surface area contributed by atoms with Gasteiger partial charge in [0.05, 0.1) is 5.39 Å². The van der Waals surface area contributed by atoms with Crippen LogP contribution >= 0.6 is 0 Å². The fraction of sp³-hybridized carbons (Fsp3) is 0.611. The highest BCUT2D eigenvalue weighted by Gasteiger charge is 2.39. The molecule has 3 N–H and O–H groups in total. The van der Waals surface area contributed by atoms with Crippen molar-refractivity contribution in [3.8, 4) is 0 Å². The molecule has 7 nitrogen and oxygen atoms in total. The van der Waals surface area contributed by atoms with Crippen LogP contribution in [0.25, 0.3) is 11.0 Å². The molecule has 2 aromatic rings. The maximum atomic E-state index is 11.3. The van der Waals surface area contributed by atoms with Gasteiger partial charge in [-0.3, -0.25) is 0 Å². The molecule has 0 radical (unpaired) electrons. The third-order valence-corrected chi connectivity index (χ3v) is 6.37. The summed E-state index contributed by atoms with van der Waals surface area (Å²) in [4.78, 5) is 27.4. The van der Waals surface area contributed by atoms with Crippen LogP contribution in [0.3, 0.4) is 0 Å². The molecule has 4 rings (SSSR count). The first-order valence-electron chi connectivity index (χ1n) is 9.13. The second-order valence-corrected chi connectivity index (χ2v) is 7.60. The van der Waals surface area contributed by atoms with Crippen LogP contribution in [-0.2, 0) is 0 Å². The van der Waals surface area contributed by atoms with Crippen LogP contribution in [0, 0.1) is 5.41 Å². The second-order valence-electron chi connectivity index (χ2n) is 7.60. The Hall–Kier alpha value is -2.31. The summed E-state index contributed by atoms with van der Waals surface area (Å²) in [6.45, 7) is 1.62. The Balaban J connectivity index is 1.42. The molecule has 7 heteroatoms. The van der Waals surface area contributed by atoms with Gasteiger partial charge in [-0.25, -0.2) is 14.8 Å². The smallest absolute Gasteiger partial charge is 0.314 e. The standard InChI is InChI=1S/C18H26N6O/c1-23(16-14-4-9-20-15(14)21-12-22-16)13-2-5-18(6-3-13)7-10-24(11-8-18)17(19)25/h4,9,12-13H,2-3,5-8,10-11H2,1H3,(H2,19,25)(H,20,21,22). The number of H-pyrrole nitrogens is 1. The Kier molecular flexibility index (Phi) is 4.01. The van der Waals surface area contributed by atoms with E-state index in [0.29, 0.717) is 11.5 Å². The van der Waals surface area contributed by atoms with Crippen LogP contribution in [0.15, 0.2) is 18.6 Å². The summed E-state index contributed by atoms with van der Waals surface area (Å²) >= 11 is 0. The highest BCUT2D eigenvalue weighted by atomic mass is 16.2. The van der Waals surface area contributed by atoms with Gasteiger partial charge in [-0.05, 0) is 50.0 Å². The second kappa shape index (κ2) is 6.20. The molecule has 1 saturated carbocycles. The molecule has 1 aliphatic heterocycles. The summed E-state index contributed by atoms with van der Waals surface area (Å²) in [7, 11) is 2.15. The molecule has 0 unspecified atom stereocenters. The van der Waals surface area contributed by atoms with E-state index in [9.17, 15) is 4.79 Å². The first kappa shape index (κ1) is 16.2. The number of anilines is 1. The van der Waals surface area contributed by atoms with Crippen LogP contribution in [0.4, 0.5) is 10.6 Å². The predicted octanol–water partition coefficient (Wildman–Crippen LogP) is 2.50. The largest absolute Gasteiger partial charge is 0.356 e. The van der Waals surface area contributed by atoms with Gasteiger partial charge < -0.3 is 20.5 Å². The fourth-order valence-electron chi connectivity index (χ4n) is 4.62. The minimum atomic E-state index is -0.275. The molecule has 2 fully saturated rings. The lowest BCUT2D eigenvalue weighted by molar-refractivity contribution is 0.0776. The zero-order valence-corrected chi connectivity index (χ0v) is 14.7. The molecule has 25 heavy (non-hydrogen) atoms. The van der Waals surface area contributed by atoms with Gasteiger partial charge in [-0.2, -0.15) is 0 Å². The first-order valence-corrected chi connectivity index (χ1v) is 9.13. The van der Waals surface area contributed by atoms with Gasteiger partial charge in [0, 0.05) is 32.4 Å². The lowest BCUT2D eigenvalue weighted by Crippen LogP contribution is -2.48. The SMILES string of the molecule is CN(c1ncnc2[nH]ccc12)C1CCC2(CC1)CCN(C(N)=O)CC2. The summed E-state index contributed by atoms with van der Waals surface area (Å²) in [6, 6.07) is 2.28. The van der Waals surface area contributed by atoms with Gasteiger partial charge in [0.25, 0.3) is 0 Å². The molecule has 2 aliphatic rings. The lowest BCUT2D eigenvalue weighted by Gasteiger charge is -2.47. The van der Waals surface area contributed by atoms with E-state index < -0.39 is 0 Å². The van der Waals surface area contributed by atoms with Crippen molar-refractivity contribution in [3.63, 3.8) is 0 Å². The molecule has 1 aliphatic carbocycles.